The average molecular weight is 274 g/mol. The van der Waals surface area contributed by atoms with Gasteiger partial charge in [-0.2, -0.15) is 0 Å². The highest BCUT2D eigenvalue weighted by Crippen LogP contribution is 2.26. The van der Waals surface area contributed by atoms with Gasteiger partial charge in [0.25, 0.3) is 5.56 Å². The molecule has 104 valence electrons. The van der Waals surface area contributed by atoms with Crippen LogP contribution in [0.25, 0.3) is 11.3 Å². The summed E-state index contributed by atoms with van der Waals surface area (Å²) in [6, 6.07) is 3.19. The van der Waals surface area contributed by atoms with E-state index in [9.17, 15) is 9.59 Å². The van der Waals surface area contributed by atoms with Gasteiger partial charge >= 0.3 is 5.69 Å². The van der Waals surface area contributed by atoms with Crippen molar-refractivity contribution in [1.82, 2.24) is 9.55 Å². The molecule has 20 heavy (non-hydrogen) atoms. The lowest BCUT2D eigenvalue weighted by molar-refractivity contribution is 0.243. The minimum Gasteiger partial charge on any atom is -0.464 e. The van der Waals surface area contributed by atoms with E-state index in [0.29, 0.717) is 17.7 Å². The highest BCUT2D eigenvalue weighted by atomic mass is 16.3. The molecule has 3 rings (SSSR count). The third-order valence-electron chi connectivity index (χ3n) is 3.50. The Labute approximate surface area is 114 Å². The van der Waals surface area contributed by atoms with Crippen LogP contribution < -0.4 is 11.2 Å². The molecule has 2 aromatic heterocycles. The summed E-state index contributed by atoms with van der Waals surface area (Å²) >= 11 is 0. The first kappa shape index (κ1) is 12.7. The molecular weight excluding hydrogens is 260 g/mol. The number of allylic oxidation sites excluding steroid dienone is 1. The van der Waals surface area contributed by atoms with Crippen molar-refractivity contribution in [1.29, 1.82) is 0 Å². The zero-order valence-corrected chi connectivity index (χ0v) is 10.7. The minimum absolute atomic E-state index is 0.0471. The summed E-state index contributed by atoms with van der Waals surface area (Å²) < 4.78 is 6.67. The van der Waals surface area contributed by atoms with Crippen LogP contribution >= 0.6 is 0 Å². The first-order chi connectivity index (χ1) is 9.69. The number of aliphatic hydroxyl groups excluding tert-OH is 1. The Morgan fingerprint density at radius 1 is 1.40 bits per heavy atom. The zero-order valence-electron chi connectivity index (χ0n) is 10.7. The predicted octanol–water partition coefficient (Wildman–Crippen LogP) is 0.906. The van der Waals surface area contributed by atoms with Gasteiger partial charge in [0, 0.05) is 18.7 Å². The van der Waals surface area contributed by atoms with Gasteiger partial charge in [-0.15, -0.1) is 0 Å². The van der Waals surface area contributed by atoms with Gasteiger partial charge in [0.15, 0.2) is 0 Å². The van der Waals surface area contributed by atoms with Crippen molar-refractivity contribution in [2.45, 2.75) is 12.5 Å². The molecule has 0 amide bonds. The molecule has 0 spiro atoms. The van der Waals surface area contributed by atoms with Crippen molar-refractivity contribution in [2.75, 3.05) is 6.61 Å². The molecule has 0 radical (unpaired) electrons. The first-order valence-corrected chi connectivity index (χ1v) is 6.37. The maximum absolute atomic E-state index is 11.9. The summed E-state index contributed by atoms with van der Waals surface area (Å²) in [5, 5.41) is 9.14. The van der Waals surface area contributed by atoms with Crippen molar-refractivity contribution < 1.29 is 9.52 Å². The molecular formula is C14H14N2O4. The topological polar surface area (TPSA) is 88.2 Å². The number of aromatic nitrogens is 2. The molecule has 1 aliphatic carbocycles. The smallest absolute Gasteiger partial charge is 0.328 e. The minimum atomic E-state index is -0.470. The van der Waals surface area contributed by atoms with E-state index in [2.05, 4.69) is 4.98 Å². The van der Waals surface area contributed by atoms with Crippen LogP contribution in [0.15, 0.2) is 50.8 Å². The van der Waals surface area contributed by atoms with Crippen LogP contribution in [0.2, 0.25) is 0 Å². The average Bonchev–Trinajstić information content (AvgIpc) is 3.09. The molecule has 0 bridgehead atoms. The Balaban J connectivity index is 2.05. The summed E-state index contributed by atoms with van der Waals surface area (Å²) in [5.41, 5.74) is -0.615. The molecule has 2 atom stereocenters. The summed E-state index contributed by atoms with van der Waals surface area (Å²) in [5.74, 6) is 0.464. The molecule has 2 heterocycles. The van der Waals surface area contributed by atoms with Gasteiger partial charge in [-0.25, -0.2) is 4.79 Å². The van der Waals surface area contributed by atoms with Crippen LogP contribution in [0.5, 0.6) is 0 Å². The summed E-state index contributed by atoms with van der Waals surface area (Å²) in [6.45, 7) is 0.0517. The van der Waals surface area contributed by atoms with Crippen LogP contribution in [0, 0.1) is 5.92 Å². The fourth-order valence-electron chi connectivity index (χ4n) is 2.43. The molecule has 0 fully saturated rings. The quantitative estimate of drug-likeness (QED) is 0.814. The predicted molar refractivity (Wildman–Crippen MR) is 72.4 cm³/mol. The molecule has 0 saturated carbocycles. The van der Waals surface area contributed by atoms with Crippen molar-refractivity contribution in [3.8, 4) is 11.3 Å². The van der Waals surface area contributed by atoms with Crippen LogP contribution in [-0.2, 0) is 0 Å². The van der Waals surface area contributed by atoms with Crippen molar-refractivity contribution in [3.05, 3.63) is 57.6 Å². The number of hydrogen-bond donors (Lipinski definition) is 2. The van der Waals surface area contributed by atoms with E-state index in [1.807, 2.05) is 12.2 Å². The maximum Gasteiger partial charge on any atom is 0.328 e. The molecule has 0 unspecified atom stereocenters. The second kappa shape index (κ2) is 4.97. The van der Waals surface area contributed by atoms with Gasteiger partial charge in [-0.1, -0.05) is 12.2 Å². The SMILES string of the molecule is O=c1[nH]c(=O)n([C@@H]2C=C[C@H](CO)C2)cc1-c1ccco1. The monoisotopic (exact) mass is 274 g/mol. The lowest BCUT2D eigenvalue weighted by Gasteiger charge is -2.14. The number of aromatic amines is 1. The van der Waals surface area contributed by atoms with Crippen LogP contribution in [-0.4, -0.2) is 21.3 Å². The Kier molecular flexibility index (Phi) is 3.15. The van der Waals surface area contributed by atoms with Crippen molar-refractivity contribution >= 4 is 0 Å². The summed E-state index contributed by atoms with van der Waals surface area (Å²) in [7, 11) is 0. The van der Waals surface area contributed by atoms with Crippen molar-refractivity contribution in [2.24, 2.45) is 5.92 Å². The molecule has 0 saturated heterocycles. The molecule has 0 aliphatic heterocycles. The fraction of sp³-hybridized carbons (Fsp3) is 0.286. The van der Waals surface area contributed by atoms with E-state index in [4.69, 9.17) is 9.52 Å². The fourth-order valence-corrected chi connectivity index (χ4v) is 2.43. The lowest BCUT2D eigenvalue weighted by atomic mass is 10.1. The third kappa shape index (κ3) is 2.14. The number of furan rings is 1. The third-order valence-corrected chi connectivity index (χ3v) is 3.50. The van der Waals surface area contributed by atoms with E-state index in [1.165, 1.54) is 17.0 Å². The number of H-pyrrole nitrogens is 1. The zero-order chi connectivity index (χ0) is 14.1. The van der Waals surface area contributed by atoms with Gasteiger partial charge in [-0.3, -0.25) is 14.3 Å². The Bertz CT molecular complexity index is 739. The van der Waals surface area contributed by atoms with Gasteiger partial charge < -0.3 is 9.52 Å². The second-order valence-corrected chi connectivity index (χ2v) is 4.82. The van der Waals surface area contributed by atoms with E-state index < -0.39 is 11.2 Å². The number of nitrogens with zero attached hydrogens (tertiary/aromatic N) is 1. The molecule has 6 heteroatoms. The maximum atomic E-state index is 11.9. The highest BCUT2D eigenvalue weighted by Gasteiger charge is 2.21. The number of nitrogens with one attached hydrogen (secondary N) is 1. The standard InChI is InChI=1S/C14H14N2O4/c17-8-9-3-4-10(6-9)16-7-11(12-2-1-5-20-12)13(18)15-14(16)19/h1-5,7,9-10,17H,6,8H2,(H,15,18,19)/t9-,10+/m0/s1. The number of rotatable bonds is 3. The van der Waals surface area contributed by atoms with E-state index in [1.54, 1.807) is 12.1 Å². The van der Waals surface area contributed by atoms with Gasteiger partial charge in [0.1, 0.15) is 5.76 Å². The van der Waals surface area contributed by atoms with Crippen LogP contribution in [0.4, 0.5) is 0 Å². The molecule has 2 N–H and O–H groups in total. The first-order valence-electron chi connectivity index (χ1n) is 6.37. The summed E-state index contributed by atoms with van der Waals surface area (Å²) in [6.07, 6.45) is 7.37. The second-order valence-electron chi connectivity index (χ2n) is 4.82. The lowest BCUT2D eigenvalue weighted by Crippen LogP contribution is -2.32. The van der Waals surface area contributed by atoms with Gasteiger partial charge in [0.2, 0.25) is 0 Å². The number of aliphatic hydroxyl groups is 1. The Hall–Kier alpha value is -2.34. The Morgan fingerprint density at radius 3 is 2.90 bits per heavy atom. The van der Waals surface area contributed by atoms with Gasteiger partial charge in [-0.05, 0) is 18.6 Å². The van der Waals surface area contributed by atoms with E-state index in [-0.39, 0.29) is 18.6 Å². The Morgan fingerprint density at radius 2 is 2.25 bits per heavy atom. The highest BCUT2D eigenvalue weighted by molar-refractivity contribution is 5.54. The van der Waals surface area contributed by atoms with Crippen molar-refractivity contribution in [3.63, 3.8) is 0 Å². The largest absolute Gasteiger partial charge is 0.464 e. The summed E-state index contributed by atoms with van der Waals surface area (Å²) in [4.78, 5) is 26.1. The molecule has 1 aliphatic rings. The van der Waals surface area contributed by atoms with Gasteiger partial charge in [0.05, 0.1) is 17.9 Å². The van der Waals surface area contributed by atoms with Crippen LogP contribution in [0.1, 0.15) is 12.5 Å². The van der Waals surface area contributed by atoms with E-state index in [0.717, 1.165) is 0 Å². The van der Waals surface area contributed by atoms with E-state index >= 15 is 0 Å². The molecule has 2 aromatic rings. The molecule has 6 nitrogen and oxygen atoms in total. The van der Waals surface area contributed by atoms with Crippen LogP contribution in [0.3, 0.4) is 0 Å². The normalized spacial score (nSPS) is 21.4. The number of hydrogen-bond acceptors (Lipinski definition) is 4. The molecule has 0 aromatic carbocycles.